The number of fused-ring (bicyclic) bond motifs is 4. The lowest BCUT2D eigenvalue weighted by molar-refractivity contribution is 0.138. The van der Waals surface area contributed by atoms with Gasteiger partial charge in [-0.3, -0.25) is 9.89 Å². The second-order valence-corrected chi connectivity index (χ2v) is 6.61. The fourth-order valence-corrected chi connectivity index (χ4v) is 4.49. The van der Waals surface area contributed by atoms with Crippen LogP contribution >= 0.6 is 0 Å². The second-order valence-electron chi connectivity index (χ2n) is 6.61. The minimum absolute atomic E-state index is 0.416. The van der Waals surface area contributed by atoms with Crippen LogP contribution in [0.2, 0.25) is 0 Å². The molecule has 2 nitrogen and oxygen atoms in total. The molecule has 0 N–H and O–H groups in total. The highest BCUT2D eigenvalue weighted by Gasteiger charge is 2.41. The summed E-state index contributed by atoms with van der Waals surface area (Å²) >= 11 is 0. The first kappa shape index (κ1) is 12.3. The number of likely N-dealkylation sites (tertiary alicyclic amines) is 1. The first-order chi connectivity index (χ1) is 9.76. The highest BCUT2D eigenvalue weighted by atomic mass is 15.1. The molecule has 20 heavy (non-hydrogen) atoms. The minimum Gasteiger partial charge on any atom is -0.299 e. The zero-order chi connectivity index (χ0) is 13.7. The third kappa shape index (κ3) is 1.78. The maximum atomic E-state index is 5.03. The van der Waals surface area contributed by atoms with Gasteiger partial charge in [-0.1, -0.05) is 24.3 Å². The standard InChI is InChI=1S/C18H22N2/c1-3-7-20-10-14-9-15(11-20)18-17-13(8-12(2)19-18)5-4-6-16(14)17/h3-6,14-15,18H,1,7-11H2,2H3. The molecule has 0 radical (unpaired) electrons. The number of hydrogen-bond acceptors (Lipinski definition) is 2. The summed E-state index contributed by atoms with van der Waals surface area (Å²) in [6.07, 6.45) is 4.40. The van der Waals surface area contributed by atoms with Crippen LogP contribution in [0.15, 0.2) is 35.8 Å². The van der Waals surface area contributed by atoms with Crippen molar-refractivity contribution in [3.8, 4) is 0 Å². The van der Waals surface area contributed by atoms with Crippen molar-refractivity contribution in [2.24, 2.45) is 10.9 Å². The Morgan fingerprint density at radius 1 is 1.40 bits per heavy atom. The minimum atomic E-state index is 0.416. The average Bonchev–Trinajstić information content (AvgIpc) is 2.44. The van der Waals surface area contributed by atoms with Crippen LogP contribution in [0.1, 0.15) is 42.0 Å². The van der Waals surface area contributed by atoms with Crippen molar-refractivity contribution in [2.75, 3.05) is 19.6 Å². The van der Waals surface area contributed by atoms with Gasteiger partial charge in [0.05, 0.1) is 6.04 Å². The second kappa shape index (κ2) is 4.56. The summed E-state index contributed by atoms with van der Waals surface area (Å²) in [5, 5.41) is 0. The zero-order valence-electron chi connectivity index (χ0n) is 12.2. The number of rotatable bonds is 2. The molecule has 0 spiro atoms. The van der Waals surface area contributed by atoms with Crippen LogP contribution < -0.4 is 0 Å². The summed E-state index contributed by atoms with van der Waals surface area (Å²) in [5.74, 6) is 1.39. The third-order valence-corrected chi connectivity index (χ3v) is 5.16. The molecule has 0 saturated carbocycles. The Hall–Kier alpha value is -1.41. The predicted octanol–water partition coefficient (Wildman–Crippen LogP) is 3.35. The number of nitrogens with zero attached hydrogens (tertiary/aromatic N) is 2. The van der Waals surface area contributed by atoms with Gasteiger partial charge in [-0.2, -0.15) is 0 Å². The molecule has 3 atom stereocenters. The maximum absolute atomic E-state index is 5.03. The Labute approximate surface area is 121 Å². The SMILES string of the molecule is C=CCN1CC2CC(C1)C1N=C(C)Cc3cccc2c31. The fourth-order valence-electron chi connectivity index (χ4n) is 4.49. The molecule has 3 aliphatic rings. The van der Waals surface area contributed by atoms with E-state index in [1.54, 1.807) is 11.1 Å². The van der Waals surface area contributed by atoms with Crippen molar-refractivity contribution in [3.63, 3.8) is 0 Å². The fraction of sp³-hybridized carbons (Fsp3) is 0.500. The van der Waals surface area contributed by atoms with Crippen molar-refractivity contribution in [3.05, 3.63) is 47.5 Å². The highest BCUT2D eigenvalue weighted by molar-refractivity contribution is 5.86. The summed E-state index contributed by atoms with van der Waals surface area (Å²) in [6, 6.07) is 7.32. The van der Waals surface area contributed by atoms with Gasteiger partial charge in [0.15, 0.2) is 0 Å². The zero-order valence-corrected chi connectivity index (χ0v) is 12.2. The van der Waals surface area contributed by atoms with Crippen molar-refractivity contribution in [1.82, 2.24) is 4.90 Å². The van der Waals surface area contributed by atoms with Gasteiger partial charge in [-0.15, -0.1) is 6.58 Å². The van der Waals surface area contributed by atoms with E-state index in [4.69, 9.17) is 4.99 Å². The molecule has 2 heteroatoms. The molecule has 1 aromatic rings. The van der Waals surface area contributed by atoms with E-state index >= 15 is 0 Å². The molecule has 104 valence electrons. The van der Waals surface area contributed by atoms with Gasteiger partial charge in [-0.25, -0.2) is 0 Å². The largest absolute Gasteiger partial charge is 0.299 e. The van der Waals surface area contributed by atoms with Gasteiger partial charge in [0.2, 0.25) is 0 Å². The van der Waals surface area contributed by atoms with E-state index in [0.29, 0.717) is 17.9 Å². The van der Waals surface area contributed by atoms with E-state index in [0.717, 1.165) is 13.0 Å². The molecular formula is C18H22N2. The van der Waals surface area contributed by atoms with E-state index in [2.05, 4.69) is 36.6 Å². The lowest BCUT2D eigenvalue weighted by Crippen LogP contribution is -2.45. The van der Waals surface area contributed by atoms with Crippen molar-refractivity contribution in [2.45, 2.75) is 31.7 Å². The summed E-state index contributed by atoms with van der Waals surface area (Å²) in [7, 11) is 0. The normalized spacial score (nSPS) is 31.4. The molecule has 2 heterocycles. The van der Waals surface area contributed by atoms with Crippen LogP contribution in [-0.2, 0) is 6.42 Å². The van der Waals surface area contributed by atoms with Gasteiger partial charge >= 0.3 is 0 Å². The van der Waals surface area contributed by atoms with E-state index in [1.165, 1.54) is 30.8 Å². The molecule has 4 rings (SSSR count). The molecule has 1 fully saturated rings. The Morgan fingerprint density at radius 3 is 3.15 bits per heavy atom. The van der Waals surface area contributed by atoms with Crippen molar-refractivity contribution >= 4 is 5.71 Å². The monoisotopic (exact) mass is 266 g/mol. The number of benzene rings is 1. The van der Waals surface area contributed by atoms with Crippen LogP contribution in [0, 0.1) is 5.92 Å². The van der Waals surface area contributed by atoms with E-state index < -0.39 is 0 Å². The smallest absolute Gasteiger partial charge is 0.0794 e. The summed E-state index contributed by atoms with van der Waals surface area (Å²) in [6.45, 7) is 9.47. The highest BCUT2D eigenvalue weighted by Crippen LogP contribution is 2.49. The molecule has 1 aromatic carbocycles. The number of hydrogen-bond donors (Lipinski definition) is 0. The molecular weight excluding hydrogens is 244 g/mol. The molecule has 0 amide bonds. The van der Waals surface area contributed by atoms with Crippen LogP contribution in [0.5, 0.6) is 0 Å². The Bertz CT molecular complexity index is 587. The summed E-state index contributed by atoms with van der Waals surface area (Å²) in [4.78, 5) is 7.59. The topological polar surface area (TPSA) is 15.6 Å². The van der Waals surface area contributed by atoms with Gasteiger partial charge < -0.3 is 0 Å². The number of aliphatic imine (C=N–C) groups is 1. The van der Waals surface area contributed by atoms with Crippen molar-refractivity contribution in [1.29, 1.82) is 0 Å². The third-order valence-electron chi connectivity index (χ3n) is 5.16. The molecule has 2 bridgehead atoms. The van der Waals surface area contributed by atoms with E-state index in [9.17, 15) is 0 Å². The summed E-state index contributed by atoms with van der Waals surface area (Å²) in [5.41, 5.74) is 6.00. The first-order valence-corrected chi connectivity index (χ1v) is 7.74. The molecule has 1 aliphatic carbocycles. The lowest BCUT2D eigenvalue weighted by atomic mass is 9.68. The molecule has 0 aromatic heterocycles. The van der Waals surface area contributed by atoms with Gasteiger partial charge in [-0.05, 0) is 41.9 Å². The number of piperidine rings is 1. The van der Waals surface area contributed by atoms with Gasteiger partial charge in [0, 0.05) is 31.8 Å². The van der Waals surface area contributed by atoms with E-state index in [-0.39, 0.29) is 0 Å². The van der Waals surface area contributed by atoms with Crippen LogP contribution in [0.3, 0.4) is 0 Å². The molecule has 3 unspecified atom stereocenters. The Kier molecular flexibility index (Phi) is 2.81. The predicted molar refractivity (Wildman–Crippen MR) is 83.5 cm³/mol. The van der Waals surface area contributed by atoms with Crippen LogP contribution in [-0.4, -0.2) is 30.2 Å². The Morgan fingerprint density at radius 2 is 2.30 bits per heavy atom. The van der Waals surface area contributed by atoms with Gasteiger partial charge in [0.25, 0.3) is 0 Å². The lowest BCUT2D eigenvalue weighted by Gasteiger charge is -2.46. The average molecular weight is 266 g/mol. The van der Waals surface area contributed by atoms with Crippen LogP contribution in [0.4, 0.5) is 0 Å². The quantitative estimate of drug-likeness (QED) is 0.750. The van der Waals surface area contributed by atoms with E-state index in [1.807, 2.05) is 6.08 Å². The molecule has 1 saturated heterocycles. The van der Waals surface area contributed by atoms with Crippen LogP contribution in [0.25, 0.3) is 0 Å². The van der Waals surface area contributed by atoms with Gasteiger partial charge in [0.1, 0.15) is 0 Å². The summed E-state index contributed by atoms with van der Waals surface area (Å²) < 4.78 is 0. The molecule has 2 aliphatic heterocycles. The first-order valence-electron chi connectivity index (χ1n) is 7.74. The maximum Gasteiger partial charge on any atom is 0.0794 e. The van der Waals surface area contributed by atoms with Crippen molar-refractivity contribution < 1.29 is 0 Å². The Balaban J connectivity index is 1.81.